The van der Waals surface area contributed by atoms with Crippen molar-refractivity contribution in [3.05, 3.63) is 53.9 Å². The standard InChI is InChI=1S/C23H23FN2O5/c1-29-21(27)8-5-15-3-2-4-18(24)22(15)25-23(28)16-9-11-26(12-10-16)17-6-7-19-20(13-17)31-14-30-19/h2-8,13,16H,9-12,14H2,1H3,(H,25,28)/b8-5+. The molecule has 2 aliphatic heterocycles. The number of amides is 1. The molecule has 1 saturated heterocycles. The molecule has 7 nitrogen and oxygen atoms in total. The maximum Gasteiger partial charge on any atom is 0.330 e. The van der Waals surface area contributed by atoms with Gasteiger partial charge in [-0.2, -0.15) is 0 Å². The normalized spacial score (nSPS) is 15.9. The average Bonchev–Trinajstić information content (AvgIpc) is 3.27. The molecule has 0 atom stereocenters. The molecule has 0 aromatic heterocycles. The lowest BCUT2D eigenvalue weighted by Gasteiger charge is -2.33. The highest BCUT2D eigenvalue weighted by Gasteiger charge is 2.27. The molecule has 8 heteroatoms. The quantitative estimate of drug-likeness (QED) is 0.582. The highest BCUT2D eigenvalue weighted by atomic mass is 19.1. The van der Waals surface area contributed by atoms with Gasteiger partial charge in [0.25, 0.3) is 0 Å². The first kappa shape index (κ1) is 20.7. The summed E-state index contributed by atoms with van der Waals surface area (Å²) in [6.45, 7) is 1.63. The van der Waals surface area contributed by atoms with Gasteiger partial charge in [-0.25, -0.2) is 9.18 Å². The summed E-state index contributed by atoms with van der Waals surface area (Å²) in [7, 11) is 1.26. The van der Waals surface area contributed by atoms with E-state index >= 15 is 0 Å². The summed E-state index contributed by atoms with van der Waals surface area (Å²) in [5, 5.41) is 2.71. The van der Waals surface area contributed by atoms with Gasteiger partial charge in [-0.15, -0.1) is 0 Å². The number of esters is 1. The van der Waals surface area contributed by atoms with E-state index in [1.807, 2.05) is 18.2 Å². The van der Waals surface area contributed by atoms with Crippen LogP contribution >= 0.6 is 0 Å². The molecular formula is C23H23FN2O5. The van der Waals surface area contributed by atoms with E-state index in [2.05, 4.69) is 15.0 Å². The lowest BCUT2D eigenvalue weighted by atomic mass is 9.95. The second-order valence-electron chi connectivity index (χ2n) is 7.35. The van der Waals surface area contributed by atoms with Crippen molar-refractivity contribution in [2.45, 2.75) is 12.8 Å². The number of hydrogen-bond donors (Lipinski definition) is 1. The number of fused-ring (bicyclic) bond motifs is 1. The minimum Gasteiger partial charge on any atom is -0.466 e. The Morgan fingerprint density at radius 3 is 2.71 bits per heavy atom. The Kier molecular flexibility index (Phi) is 6.06. The van der Waals surface area contributed by atoms with Crippen LogP contribution in [0.15, 0.2) is 42.5 Å². The third kappa shape index (κ3) is 4.63. The molecule has 162 valence electrons. The van der Waals surface area contributed by atoms with Gasteiger partial charge in [0.05, 0.1) is 12.8 Å². The van der Waals surface area contributed by atoms with E-state index in [-0.39, 0.29) is 24.3 Å². The molecule has 0 aliphatic carbocycles. The van der Waals surface area contributed by atoms with Crippen molar-refractivity contribution in [1.82, 2.24) is 0 Å². The number of rotatable bonds is 5. The molecule has 0 spiro atoms. The van der Waals surface area contributed by atoms with Crippen molar-refractivity contribution >= 4 is 29.3 Å². The Morgan fingerprint density at radius 2 is 1.94 bits per heavy atom. The first-order chi connectivity index (χ1) is 15.0. The number of methoxy groups -OCH3 is 1. The van der Waals surface area contributed by atoms with Crippen LogP contribution in [0.5, 0.6) is 11.5 Å². The van der Waals surface area contributed by atoms with Crippen LogP contribution in [0.4, 0.5) is 15.8 Å². The smallest absolute Gasteiger partial charge is 0.330 e. The number of hydrogen-bond acceptors (Lipinski definition) is 6. The number of carbonyl (C=O) groups is 2. The Labute approximate surface area is 179 Å². The monoisotopic (exact) mass is 426 g/mol. The number of para-hydroxylation sites is 1. The zero-order valence-electron chi connectivity index (χ0n) is 17.1. The van der Waals surface area contributed by atoms with Crippen molar-refractivity contribution in [3.8, 4) is 11.5 Å². The van der Waals surface area contributed by atoms with E-state index in [0.717, 1.165) is 17.2 Å². The third-order valence-corrected chi connectivity index (χ3v) is 5.48. The molecule has 0 bridgehead atoms. The molecule has 2 aliphatic rings. The van der Waals surface area contributed by atoms with Crippen LogP contribution in [-0.4, -0.2) is 38.9 Å². The third-order valence-electron chi connectivity index (χ3n) is 5.48. The molecule has 0 radical (unpaired) electrons. The molecule has 0 unspecified atom stereocenters. The summed E-state index contributed by atoms with van der Waals surface area (Å²) in [4.78, 5) is 26.4. The number of benzene rings is 2. The molecule has 2 aromatic carbocycles. The summed E-state index contributed by atoms with van der Waals surface area (Å²) in [6.07, 6.45) is 3.89. The molecule has 2 aromatic rings. The van der Waals surface area contributed by atoms with Crippen molar-refractivity contribution in [2.24, 2.45) is 5.92 Å². The van der Waals surface area contributed by atoms with Gasteiger partial charge in [0.15, 0.2) is 11.5 Å². The largest absolute Gasteiger partial charge is 0.466 e. The van der Waals surface area contributed by atoms with Gasteiger partial charge in [0.1, 0.15) is 5.82 Å². The van der Waals surface area contributed by atoms with Crippen molar-refractivity contribution in [3.63, 3.8) is 0 Å². The van der Waals surface area contributed by atoms with Crippen LogP contribution in [0.25, 0.3) is 6.08 Å². The fraction of sp³-hybridized carbons (Fsp3) is 0.304. The van der Waals surface area contributed by atoms with Crippen molar-refractivity contribution in [1.29, 1.82) is 0 Å². The van der Waals surface area contributed by atoms with E-state index in [1.54, 1.807) is 6.07 Å². The maximum atomic E-state index is 14.4. The molecular weight excluding hydrogens is 403 g/mol. The SMILES string of the molecule is COC(=O)/C=C/c1cccc(F)c1NC(=O)C1CCN(c2ccc3c(c2)OCO3)CC1. The molecule has 1 N–H and O–H groups in total. The van der Waals surface area contributed by atoms with Gasteiger partial charge >= 0.3 is 5.97 Å². The van der Waals surface area contributed by atoms with Gasteiger partial charge in [-0.05, 0) is 37.1 Å². The van der Waals surface area contributed by atoms with Crippen LogP contribution in [0.2, 0.25) is 0 Å². The maximum absolute atomic E-state index is 14.4. The van der Waals surface area contributed by atoms with Crippen molar-refractivity contribution < 1.29 is 28.2 Å². The summed E-state index contributed by atoms with van der Waals surface area (Å²) in [6, 6.07) is 10.2. The Morgan fingerprint density at radius 1 is 1.16 bits per heavy atom. The van der Waals surface area contributed by atoms with E-state index < -0.39 is 11.8 Å². The number of piperidine rings is 1. The minimum atomic E-state index is -0.558. The number of halogens is 1. The van der Waals surface area contributed by atoms with Crippen LogP contribution in [0.3, 0.4) is 0 Å². The summed E-state index contributed by atoms with van der Waals surface area (Å²) >= 11 is 0. The zero-order chi connectivity index (χ0) is 21.8. The van der Waals surface area contributed by atoms with Crippen LogP contribution in [-0.2, 0) is 14.3 Å². The summed E-state index contributed by atoms with van der Waals surface area (Å²) in [5.41, 5.74) is 1.48. The first-order valence-corrected chi connectivity index (χ1v) is 10.0. The topological polar surface area (TPSA) is 77.1 Å². The second-order valence-corrected chi connectivity index (χ2v) is 7.35. The van der Waals surface area contributed by atoms with Crippen LogP contribution < -0.4 is 19.7 Å². The molecule has 31 heavy (non-hydrogen) atoms. The molecule has 2 heterocycles. The van der Waals surface area contributed by atoms with E-state index in [4.69, 9.17) is 9.47 Å². The first-order valence-electron chi connectivity index (χ1n) is 10.0. The van der Waals surface area contributed by atoms with Gasteiger partial charge in [-0.1, -0.05) is 12.1 Å². The van der Waals surface area contributed by atoms with E-state index in [1.165, 1.54) is 31.4 Å². The summed E-state index contributed by atoms with van der Waals surface area (Å²) < 4.78 is 29.7. The molecule has 1 amide bonds. The van der Waals surface area contributed by atoms with E-state index in [0.29, 0.717) is 31.5 Å². The van der Waals surface area contributed by atoms with E-state index in [9.17, 15) is 14.0 Å². The number of nitrogens with one attached hydrogen (secondary N) is 1. The van der Waals surface area contributed by atoms with Crippen LogP contribution in [0, 0.1) is 11.7 Å². The Hall–Kier alpha value is -3.55. The second kappa shape index (κ2) is 9.07. The fourth-order valence-corrected chi connectivity index (χ4v) is 3.74. The number of carbonyl (C=O) groups excluding carboxylic acids is 2. The zero-order valence-corrected chi connectivity index (χ0v) is 17.1. The fourth-order valence-electron chi connectivity index (χ4n) is 3.74. The number of ether oxygens (including phenoxy) is 3. The van der Waals surface area contributed by atoms with Crippen molar-refractivity contribution in [2.75, 3.05) is 37.2 Å². The lowest BCUT2D eigenvalue weighted by Crippen LogP contribution is -2.38. The Bertz CT molecular complexity index is 1020. The molecule has 0 saturated carbocycles. The highest BCUT2D eigenvalue weighted by Crippen LogP contribution is 2.36. The lowest BCUT2D eigenvalue weighted by molar-refractivity contribution is -0.134. The van der Waals surface area contributed by atoms with Gasteiger partial charge in [-0.3, -0.25) is 4.79 Å². The number of nitrogens with zero attached hydrogens (tertiary/aromatic N) is 1. The average molecular weight is 426 g/mol. The van der Waals surface area contributed by atoms with Crippen LogP contribution in [0.1, 0.15) is 18.4 Å². The molecule has 1 fully saturated rings. The predicted octanol–water partition coefficient (Wildman–Crippen LogP) is 3.60. The van der Waals surface area contributed by atoms with Gasteiger partial charge in [0, 0.05) is 42.4 Å². The summed E-state index contributed by atoms with van der Waals surface area (Å²) in [5.74, 6) is -0.120. The highest BCUT2D eigenvalue weighted by molar-refractivity contribution is 5.96. The number of anilines is 2. The predicted molar refractivity (Wildman–Crippen MR) is 114 cm³/mol. The van der Waals surface area contributed by atoms with Gasteiger partial charge in [0.2, 0.25) is 12.7 Å². The Balaban J connectivity index is 1.39. The molecule has 4 rings (SSSR count). The van der Waals surface area contributed by atoms with Gasteiger partial charge < -0.3 is 24.4 Å². The minimum absolute atomic E-state index is 0.0610.